The molecular formula is C16H18ClN5O2. The fraction of sp³-hybridized carbons (Fsp3) is 0.438. The van der Waals surface area contributed by atoms with E-state index in [-0.39, 0.29) is 12.0 Å². The Morgan fingerprint density at radius 2 is 2.00 bits per heavy atom. The summed E-state index contributed by atoms with van der Waals surface area (Å²) < 4.78 is 7.72. The highest BCUT2D eigenvalue weighted by Gasteiger charge is 2.30. The minimum atomic E-state index is -0.112. The molecule has 2 aromatic rings. The summed E-state index contributed by atoms with van der Waals surface area (Å²) in [5.41, 5.74) is 2.20. The summed E-state index contributed by atoms with van der Waals surface area (Å²) in [5, 5.41) is 12.2. The van der Waals surface area contributed by atoms with E-state index in [2.05, 4.69) is 15.6 Å². The standard InChI is InChI=1S/C16H18ClN5O2/c17-12-3-1-11(2-4-12)14-9-22-13(10-24-14)15(19-20-22)16(23)21-7-5-18-6-8-21/h1-4,14,18H,5-10H2/t14-/m1/s1. The van der Waals surface area contributed by atoms with Gasteiger partial charge in [0, 0.05) is 31.2 Å². The molecule has 2 aliphatic heterocycles. The fourth-order valence-electron chi connectivity index (χ4n) is 3.07. The number of benzene rings is 1. The van der Waals surface area contributed by atoms with Crippen LogP contribution in [0.3, 0.4) is 0 Å². The highest BCUT2D eigenvalue weighted by Crippen LogP contribution is 2.28. The van der Waals surface area contributed by atoms with Gasteiger partial charge >= 0.3 is 0 Å². The van der Waals surface area contributed by atoms with Crippen LogP contribution in [-0.2, 0) is 17.9 Å². The number of halogens is 1. The first-order chi connectivity index (χ1) is 11.7. The van der Waals surface area contributed by atoms with Gasteiger partial charge in [0.15, 0.2) is 5.69 Å². The van der Waals surface area contributed by atoms with E-state index in [0.717, 1.165) is 24.3 Å². The number of hydrogen-bond donors (Lipinski definition) is 1. The van der Waals surface area contributed by atoms with Gasteiger partial charge in [-0.25, -0.2) is 4.68 Å². The van der Waals surface area contributed by atoms with Crippen molar-refractivity contribution in [3.63, 3.8) is 0 Å². The van der Waals surface area contributed by atoms with Gasteiger partial charge in [-0.1, -0.05) is 28.9 Å². The van der Waals surface area contributed by atoms with Crippen molar-refractivity contribution in [2.45, 2.75) is 19.3 Å². The average molecular weight is 348 g/mol. The van der Waals surface area contributed by atoms with Gasteiger partial charge in [0.25, 0.3) is 5.91 Å². The first-order valence-corrected chi connectivity index (χ1v) is 8.39. The maximum atomic E-state index is 12.6. The predicted octanol–water partition coefficient (Wildman–Crippen LogP) is 1.25. The number of carbonyl (C=O) groups is 1. The highest BCUT2D eigenvalue weighted by molar-refractivity contribution is 6.30. The van der Waals surface area contributed by atoms with Crippen LogP contribution < -0.4 is 5.32 Å². The SMILES string of the molecule is O=C(c1nnn2c1CO[C@@H](c1ccc(Cl)cc1)C2)N1CCNCC1. The van der Waals surface area contributed by atoms with Gasteiger partial charge in [0.2, 0.25) is 0 Å². The fourth-order valence-corrected chi connectivity index (χ4v) is 3.20. The summed E-state index contributed by atoms with van der Waals surface area (Å²) in [5.74, 6) is -0.0636. The first-order valence-electron chi connectivity index (χ1n) is 8.02. The molecule has 1 fully saturated rings. The van der Waals surface area contributed by atoms with Gasteiger partial charge in [-0.3, -0.25) is 4.79 Å². The van der Waals surface area contributed by atoms with Gasteiger partial charge in [0.05, 0.1) is 18.8 Å². The van der Waals surface area contributed by atoms with Crippen molar-refractivity contribution in [1.82, 2.24) is 25.2 Å². The lowest BCUT2D eigenvalue weighted by atomic mass is 10.1. The van der Waals surface area contributed by atoms with E-state index in [0.29, 0.717) is 37.0 Å². The number of nitrogens with zero attached hydrogens (tertiary/aromatic N) is 4. The van der Waals surface area contributed by atoms with E-state index in [4.69, 9.17) is 16.3 Å². The zero-order valence-electron chi connectivity index (χ0n) is 13.1. The molecule has 7 nitrogen and oxygen atoms in total. The third kappa shape index (κ3) is 2.90. The molecule has 126 valence electrons. The molecule has 0 radical (unpaired) electrons. The van der Waals surface area contributed by atoms with Gasteiger partial charge in [-0.15, -0.1) is 5.10 Å². The first kappa shape index (κ1) is 15.6. The largest absolute Gasteiger partial charge is 0.365 e. The maximum Gasteiger partial charge on any atom is 0.276 e. The molecule has 3 heterocycles. The maximum absolute atomic E-state index is 12.6. The number of rotatable bonds is 2. The average Bonchev–Trinajstić information content (AvgIpc) is 3.05. The molecule has 0 saturated carbocycles. The molecule has 1 amide bonds. The lowest BCUT2D eigenvalue weighted by molar-refractivity contribution is -0.00196. The van der Waals surface area contributed by atoms with E-state index in [1.165, 1.54) is 0 Å². The third-order valence-corrected chi connectivity index (χ3v) is 4.70. The molecule has 24 heavy (non-hydrogen) atoms. The Balaban J connectivity index is 1.53. The Morgan fingerprint density at radius 1 is 1.25 bits per heavy atom. The number of piperazine rings is 1. The molecule has 1 aromatic heterocycles. The zero-order chi connectivity index (χ0) is 16.5. The molecule has 0 bridgehead atoms. The lowest BCUT2D eigenvalue weighted by Crippen LogP contribution is -2.46. The van der Waals surface area contributed by atoms with E-state index >= 15 is 0 Å². The van der Waals surface area contributed by atoms with Crippen molar-refractivity contribution < 1.29 is 9.53 Å². The molecule has 1 aromatic carbocycles. The second-order valence-electron chi connectivity index (χ2n) is 5.96. The molecule has 1 atom stereocenters. The summed E-state index contributed by atoms with van der Waals surface area (Å²) in [6.07, 6.45) is -0.112. The van der Waals surface area contributed by atoms with Crippen LogP contribution in [0.1, 0.15) is 27.8 Å². The van der Waals surface area contributed by atoms with Crippen LogP contribution in [0.4, 0.5) is 0 Å². The number of amides is 1. The summed E-state index contributed by atoms with van der Waals surface area (Å²) in [4.78, 5) is 14.4. The number of ether oxygens (including phenoxy) is 1. The van der Waals surface area contributed by atoms with E-state index < -0.39 is 0 Å². The van der Waals surface area contributed by atoms with Crippen LogP contribution in [0.2, 0.25) is 5.02 Å². The minimum Gasteiger partial charge on any atom is -0.365 e. The smallest absolute Gasteiger partial charge is 0.276 e. The van der Waals surface area contributed by atoms with Crippen LogP contribution >= 0.6 is 11.6 Å². The monoisotopic (exact) mass is 347 g/mol. The second-order valence-corrected chi connectivity index (χ2v) is 6.40. The number of carbonyl (C=O) groups excluding carboxylic acids is 1. The summed E-state index contributed by atoms with van der Waals surface area (Å²) in [6.45, 7) is 3.87. The van der Waals surface area contributed by atoms with E-state index in [9.17, 15) is 4.79 Å². The molecule has 2 aliphatic rings. The molecule has 1 saturated heterocycles. The van der Waals surface area contributed by atoms with Gasteiger partial charge in [-0.05, 0) is 17.7 Å². The van der Waals surface area contributed by atoms with Crippen molar-refractivity contribution in [3.05, 3.63) is 46.2 Å². The summed E-state index contributed by atoms with van der Waals surface area (Å²) in [6, 6.07) is 7.58. The van der Waals surface area contributed by atoms with E-state index in [1.54, 1.807) is 4.68 Å². The Kier molecular flexibility index (Phi) is 4.22. The lowest BCUT2D eigenvalue weighted by Gasteiger charge is -2.28. The third-order valence-electron chi connectivity index (χ3n) is 4.45. The van der Waals surface area contributed by atoms with Gasteiger partial charge < -0.3 is 15.0 Å². The molecule has 8 heteroatoms. The van der Waals surface area contributed by atoms with Gasteiger partial charge in [-0.2, -0.15) is 0 Å². The van der Waals surface area contributed by atoms with Crippen LogP contribution in [0.5, 0.6) is 0 Å². The minimum absolute atomic E-state index is 0.0636. The highest BCUT2D eigenvalue weighted by atomic mass is 35.5. The van der Waals surface area contributed by atoms with Gasteiger partial charge in [0.1, 0.15) is 6.10 Å². The molecule has 1 N–H and O–H groups in total. The predicted molar refractivity (Wildman–Crippen MR) is 87.8 cm³/mol. The van der Waals surface area contributed by atoms with Crippen LogP contribution in [0, 0.1) is 0 Å². The number of aromatic nitrogens is 3. The van der Waals surface area contributed by atoms with Crippen LogP contribution in [0.25, 0.3) is 0 Å². The zero-order valence-corrected chi connectivity index (χ0v) is 13.9. The second kappa shape index (κ2) is 6.51. The topological polar surface area (TPSA) is 72.3 Å². The number of nitrogens with one attached hydrogen (secondary N) is 1. The van der Waals surface area contributed by atoms with Crippen LogP contribution in [-0.4, -0.2) is 52.0 Å². The summed E-state index contributed by atoms with van der Waals surface area (Å²) >= 11 is 5.93. The van der Waals surface area contributed by atoms with Crippen molar-refractivity contribution >= 4 is 17.5 Å². The van der Waals surface area contributed by atoms with Crippen molar-refractivity contribution in [2.24, 2.45) is 0 Å². The Morgan fingerprint density at radius 3 is 2.75 bits per heavy atom. The molecule has 4 rings (SSSR count). The quantitative estimate of drug-likeness (QED) is 0.885. The van der Waals surface area contributed by atoms with Crippen molar-refractivity contribution in [2.75, 3.05) is 26.2 Å². The van der Waals surface area contributed by atoms with Crippen molar-refractivity contribution in [1.29, 1.82) is 0 Å². The Bertz CT molecular complexity index is 739. The molecular weight excluding hydrogens is 330 g/mol. The summed E-state index contributed by atoms with van der Waals surface area (Å²) in [7, 11) is 0. The Hall–Kier alpha value is -1.96. The van der Waals surface area contributed by atoms with Crippen molar-refractivity contribution in [3.8, 4) is 0 Å². The van der Waals surface area contributed by atoms with Crippen LogP contribution in [0.15, 0.2) is 24.3 Å². The molecule has 0 unspecified atom stereocenters. The number of hydrogen-bond acceptors (Lipinski definition) is 5. The molecule has 0 spiro atoms. The normalized spacial score (nSPS) is 20.7. The van der Waals surface area contributed by atoms with E-state index in [1.807, 2.05) is 29.2 Å². The Labute approximate surface area is 144 Å². The number of fused-ring (bicyclic) bond motifs is 1. The molecule has 0 aliphatic carbocycles.